The molecule has 1 unspecified atom stereocenters. The van der Waals surface area contributed by atoms with Crippen molar-refractivity contribution in [2.75, 3.05) is 24.5 Å². The van der Waals surface area contributed by atoms with E-state index in [1.807, 2.05) is 37.9 Å². The zero-order valence-electron chi connectivity index (χ0n) is 15.8. The van der Waals surface area contributed by atoms with Crippen LogP contribution in [0.5, 0.6) is 0 Å². The number of piperidine rings is 1. The highest BCUT2D eigenvalue weighted by Crippen LogP contribution is 2.39. The van der Waals surface area contributed by atoms with Crippen LogP contribution in [0.3, 0.4) is 0 Å². The second-order valence-electron chi connectivity index (χ2n) is 8.42. The molecule has 4 rings (SSSR count). The first-order chi connectivity index (χ1) is 12.4. The fourth-order valence-corrected chi connectivity index (χ4v) is 4.27. The molecular formula is C19H27N5O2. The second-order valence-corrected chi connectivity index (χ2v) is 8.42. The van der Waals surface area contributed by atoms with Crippen LogP contribution >= 0.6 is 0 Å². The molecule has 2 aromatic rings. The van der Waals surface area contributed by atoms with Crippen LogP contribution in [0.2, 0.25) is 0 Å². The number of nitrogens with zero attached hydrogens (tertiary/aromatic N) is 4. The lowest BCUT2D eigenvalue weighted by Gasteiger charge is -2.44. The van der Waals surface area contributed by atoms with Gasteiger partial charge in [0, 0.05) is 25.8 Å². The van der Waals surface area contributed by atoms with Crippen molar-refractivity contribution in [2.45, 2.75) is 57.6 Å². The molecular weight excluding hydrogens is 330 g/mol. The van der Waals surface area contributed by atoms with E-state index >= 15 is 0 Å². The zero-order chi connectivity index (χ0) is 18.4. The molecule has 2 aromatic heterocycles. The summed E-state index contributed by atoms with van der Waals surface area (Å²) in [6.45, 7) is 8.22. The summed E-state index contributed by atoms with van der Waals surface area (Å²) < 4.78 is 5.70. The van der Waals surface area contributed by atoms with Crippen LogP contribution in [0.25, 0.3) is 11.0 Å². The van der Waals surface area contributed by atoms with E-state index in [1.54, 1.807) is 6.33 Å². The van der Waals surface area contributed by atoms with Gasteiger partial charge in [-0.25, -0.2) is 14.8 Å². The Hall–Kier alpha value is -2.31. The highest BCUT2D eigenvalue weighted by molar-refractivity contribution is 5.87. The first kappa shape index (κ1) is 17.1. The van der Waals surface area contributed by atoms with Gasteiger partial charge in [0.2, 0.25) is 0 Å². The van der Waals surface area contributed by atoms with Crippen LogP contribution < -0.4 is 4.90 Å². The van der Waals surface area contributed by atoms with E-state index in [0.717, 1.165) is 62.2 Å². The van der Waals surface area contributed by atoms with Gasteiger partial charge < -0.3 is 19.5 Å². The number of nitrogens with one attached hydrogen (secondary N) is 1. The van der Waals surface area contributed by atoms with Crippen LogP contribution in [-0.4, -0.2) is 56.7 Å². The smallest absolute Gasteiger partial charge is 0.410 e. The number of aromatic amines is 1. The van der Waals surface area contributed by atoms with E-state index in [1.165, 1.54) is 0 Å². The van der Waals surface area contributed by atoms with Gasteiger partial charge in [0.05, 0.1) is 10.9 Å². The summed E-state index contributed by atoms with van der Waals surface area (Å²) in [5.41, 5.74) is 0.218. The maximum atomic E-state index is 12.8. The van der Waals surface area contributed by atoms with Gasteiger partial charge in [-0.3, -0.25) is 0 Å². The van der Waals surface area contributed by atoms with Crippen molar-refractivity contribution >= 4 is 22.9 Å². The minimum absolute atomic E-state index is 0.159. The van der Waals surface area contributed by atoms with Gasteiger partial charge in [0.25, 0.3) is 0 Å². The largest absolute Gasteiger partial charge is 0.444 e. The number of hydrogen-bond donors (Lipinski definition) is 1. The number of carbonyl (C=O) groups is 1. The molecule has 2 fully saturated rings. The van der Waals surface area contributed by atoms with Gasteiger partial charge in [-0.05, 0) is 52.5 Å². The number of ether oxygens (including phenoxy) is 1. The van der Waals surface area contributed by atoms with Crippen molar-refractivity contribution < 1.29 is 9.53 Å². The third-order valence-electron chi connectivity index (χ3n) is 5.43. The normalized spacial score (nSPS) is 23.8. The Balaban J connectivity index is 1.60. The number of fused-ring (bicyclic) bond motifs is 1. The van der Waals surface area contributed by atoms with Gasteiger partial charge in [0.1, 0.15) is 23.4 Å². The summed E-state index contributed by atoms with van der Waals surface area (Å²) in [6.07, 6.45) is 7.46. The summed E-state index contributed by atoms with van der Waals surface area (Å²) in [5.74, 6) is 0.947. The minimum Gasteiger partial charge on any atom is -0.444 e. The average molecular weight is 357 g/mol. The molecule has 2 saturated heterocycles. The summed E-state index contributed by atoms with van der Waals surface area (Å²) in [5, 5.41) is 1.03. The molecule has 7 heteroatoms. The predicted molar refractivity (Wildman–Crippen MR) is 100 cm³/mol. The molecule has 1 atom stereocenters. The van der Waals surface area contributed by atoms with Crippen LogP contribution in [0.15, 0.2) is 18.6 Å². The predicted octanol–water partition coefficient (Wildman–Crippen LogP) is 3.33. The lowest BCUT2D eigenvalue weighted by Crippen LogP contribution is -2.57. The lowest BCUT2D eigenvalue weighted by molar-refractivity contribution is -0.0103. The Morgan fingerprint density at radius 1 is 1.23 bits per heavy atom. The molecule has 0 saturated carbocycles. The quantitative estimate of drug-likeness (QED) is 0.847. The molecule has 0 bridgehead atoms. The first-order valence-electron chi connectivity index (χ1n) is 9.42. The van der Waals surface area contributed by atoms with Crippen LogP contribution in [0.4, 0.5) is 10.6 Å². The SMILES string of the molecule is CC(C)(C)OC(=O)N1CCCCC12CCN(c1ncnc3[nH]ccc13)C2. The Bertz CT molecular complexity index is 812. The topological polar surface area (TPSA) is 74.3 Å². The molecule has 1 amide bonds. The van der Waals surface area contributed by atoms with Gasteiger partial charge >= 0.3 is 6.09 Å². The highest BCUT2D eigenvalue weighted by atomic mass is 16.6. The Morgan fingerprint density at radius 2 is 2.08 bits per heavy atom. The molecule has 2 aliphatic heterocycles. The number of aromatic nitrogens is 3. The zero-order valence-corrected chi connectivity index (χ0v) is 15.8. The highest BCUT2D eigenvalue weighted by Gasteiger charge is 2.48. The first-order valence-corrected chi connectivity index (χ1v) is 9.42. The standard InChI is InChI=1S/C19H27N5O2/c1-18(2,3)26-17(25)24-10-5-4-7-19(24)8-11-23(12-19)16-14-6-9-20-15(14)21-13-22-16/h6,9,13H,4-5,7-8,10-12H2,1-3H3,(H,20,21,22). The second kappa shape index (κ2) is 6.14. The number of carbonyl (C=O) groups excluding carboxylic acids is 1. The van der Waals surface area contributed by atoms with Crippen molar-refractivity contribution in [3.8, 4) is 0 Å². The van der Waals surface area contributed by atoms with E-state index < -0.39 is 5.60 Å². The van der Waals surface area contributed by atoms with E-state index in [4.69, 9.17) is 4.74 Å². The fraction of sp³-hybridized carbons (Fsp3) is 0.632. The molecule has 0 radical (unpaired) electrons. The number of rotatable bonds is 1. The van der Waals surface area contributed by atoms with Crippen molar-refractivity contribution in [3.63, 3.8) is 0 Å². The minimum atomic E-state index is -0.474. The van der Waals surface area contributed by atoms with Gasteiger partial charge in [-0.15, -0.1) is 0 Å². The molecule has 7 nitrogen and oxygen atoms in total. The molecule has 0 aromatic carbocycles. The van der Waals surface area contributed by atoms with Crippen molar-refractivity contribution in [2.24, 2.45) is 0 Å². The number of H-pyrrole nitrogens is 1. The van der Waals surface area contributed by atoms with Crippen LogP contribution in [0.1, 0.15) is 46.5 Å². The monoisotopic (exact) mass is 357 g/mol. The fourth-order valence-electron chi connectivity index (χ4n) is 4.27. The number of likely N-dealkylation sites (tertiary alicyclic amines) is 1. The number of anilines is 1. The Morgan fingerprint density at radius 3 is 2.88 bits per heavy atom. The lowest BCUT2D eigenvalue weighted by atomic mass is 9.86. The molecule has 26 heavy (non-hydrogen) atoms. The maximum Gasteiger partial charge on any atom is 0.410 e. The van der Waals surface area contributed by atoms with Gasteiger partial charge in [0.15, 0.2) is 0 Å². The summed E-state index contributed by atoms with van der Waals surface area (Å²) in [4.78, 5) is 29.1. The van der Waals surface area contributed by atoms with Crippen LogP contribution in [-0.2, 0) is 4.74 Å². The number of hydrogen-bond acceptors (Lipinski definition) is 5. The summed E-state index contributed by atoms with van der Waals surface area (Å²) >= 11 is 0. The molecule has 0 aliphatic carbocycles. The van der Waals surface area contributed by atoms with E-state index in [-0.39, 0.29) is 11.6 Å². The third kappa shape index (κ3) is 2.99. The summed E-state index contributed by atoms with van der Waals surface area (Å²) in [6, 6.07) is 2.02. The van der Waals surface area contributed by atoms with Gasteiger partial charge in [-0.2, -0.15) is 0 Å². The maximum absolute atomic E-state index is 12.8. The van der Waals surface area contributed by atoms with E-state index in [9.17, 15) is 4.79 Å². The number of amides is 1. The van der Waals surface area contributed by atoms with E-state index in [2.05, 4.69) is 19.9 Å². The van der Waals surface area contributed by atoms with Crippen LogP contribution in [0, 0.1) is 0 Å². The Kier molecular flexibility index (Phi) is 4.04. The molecule has 2 aliphatic rings. The molecule has 4 heterocycles. The van der Waals surface area contributed by atoms with Crippen molar-refractivity contribution in [1.29, 1.82) is 0 Å². The third-order valence-corrected chi connectivity index (χ3v) is 5.43. The summed E-state index contributed by atoms with van der Waals surface area (Å²) in [7, 11) is 0. The average Bonchev–Trinajstić information content (AvgIpc) is 3.21. The molecule has 1 spiro atoms. The van der Waals surface area contributed by atoms with Gasteiger partial charge in [-0.1, -0.05) is 0 Å². The van der Waals surface area contributed by atoms with Crippen molar-refractivity contribution in [3.05, 3.63) is 18.6 Å². The van der Waals surface area contributed by atoms with E-state index in [0.29, 0.717) is 0 Å². The molecule has 1 N–H and O–H groups in total. The Labute approximate surface area is 153 Å². The van der Waals surface area contributed by atoms with Crippen molar-refractivity contribution in [1.82, 2.24) is 19.9 Å². The molecule has 140 valence electrons.